The summed E-state index contributed by atoms with van der Waals surface area (Å²) in [6.07, 6.45) is 2.24. The van der Waals surface area contributed by atoms with Crippen LogP contribution in [0.2, 0.25) is 0 Å². The topological polar surface area (TPSA) is 63.7 Å². The molecular weight excluding hydrogens is 434 g/mol. The molecule has 6 nitrogen and oxygen atoms in total. The fourth-order valence-corrected chi connectivity index (χ4v) is 4.59. The van der Waals surface area contributed by atoms with Crippen molar-refractivity contribution in [3.05, 3.63) is 59.1 Å². The molecule has 1 aromatic heterocycles. The number of hydrogen-bond donors (Lipinski definition) is 1. The third-order valence-corrected chi connectivity index (χ3v) is 6.40. The van der Waals surface area contributed by atoms with Gasteiger partial charge in [0.2, 0.25) is 0 Å². The molecule has 0 aliphatic carbocycles. The van der Waals surface area contributed by atoms with E-state index in [0.717, 1.165) is 43.0 Å². The van der Waals surface area contributed by atoms with Crippen LogP contribution in [0.15, 0.2) is 48.5 Å². The SMILES string of the molecule is CCCN(CCC)CCOc1cc(NC(=O)c2sc(-c3ccccc3)nc2C)ccc1OC. The minimum Gasteiger partial charge on any atom is -0.493 e. The van der Waals surface area contributed by atoms with Gasteiger partial charge in [-0.1, -0.05) is 44.2 Å². The molecule has 0 saturated heterocycles. The maximum atomic E-state index is 13.0. The van der Waals surface area contributed by atoms with E-state index in [9.17, 15) is 4.79 Å². The molecule has 3 rings (SSSR count). The molecule has 1 amide bonds. The van der Waals surface area contributed by atoms with Gasteiger partial charge in [0.1, 0.15) is 16.5 Å². The Kier molecular flexibility index (Phi) is 9.27. The first-order valence-corrected chi connectivity index (χ1v) is 12.2. The number of ether oxygens (including phenoxy) is 2. The fraction of sp³-hybridized carbons (Fsp3) is 0.385. The number of anilines is 1. The highest BCUT2D eigenvalue weighted by molar-refractivity contribution is 7.17. The summed E-state index contributed by atoms with van der Waals surface area (Å²) in [5.41, 5.74) is 2.38. The van der Waals surface area contributed by atoms with Crippen LogP contribution in [0, 0.1) is 6.92 Å². The fourth-order valence-electron chi connectivity index (χ4n) is 3.62. The lowest BCUT2D eigenvalue weighted by Crippen LogP contribution is -2.30. The van der Waals surface area contributed by atoms with Crippen LogP contribution in [0.1, 0.15) is 42.1 Å². The van der Waals surface area contributed by atoms with Gasteiger partial charge in [0.25, 0.3) is 5.91 Å². The number of hydrogen-bond acceptors (Lipinski definition) is 6. The molecule has 176 valence electrons. The van der Waals surface area contributed by atoms with E-state index in [2.05, 4.69) is 29.0 Å². The first-order chi connectivity index (χ1) is 16.0. The van der Waals surface area contributed by atoms with Gasteiger partial charge in [-0.25, -0.2) is 4.98 Å². The Morgan fingerprint density at radius 1 is 1.03 bits per heavy atom. The van der Waals surface area contributed by atoms with Crippen molar-refractivity contribution < 1.29 is 14.3 Å². The summed E-state index contributed by atoms with van der Waals surface area (Å²) in [4.78, 5) is 20.6. The lowest BCUT2D eigenvalue weighted by Gasteiger charge is -2.21. The largest absolute Gasteiger partial charge is 0.493 e. The van der Waals surface area contributed by atoms with E-state index in [0.29, 0.717) is 34.4 Å². The van der Waals surface area contributed by atoms with E-state index in [4.69, 9.17) is 9.47 Å². The number of benzene rings is 2. The van der Waals surface area contributed by atoms with Crippen molar-refractivity contribution in [2.75, 3.05) is 38.7 Å². The van der Waals surface area contributed by atoms with Gasteiger partial charge in [-0.3, -0.25) is 9.69 Å². The van der Waals surface area contributed by atoms with Crippen LogP contribution >= 0.6 is 11.3 Å². The van der Waals surface area contributed by atoms with Gasteiger partial charge in [0, 0.05) is 23.9 Å². The van der Waals surface area contributed by atoms with Crippen molar-refractivity contribution in [1.82, 2.24) is 9.88 Å². The quantitative estimate of drug-likeness (QED) is 0.360. The maximum absolute atomic E-state index is 13.0. The molecule has 3 aromatic rings. The smallest absolute Gasteiger partial charge is 0.267 e. The molecular formula is C26H33N3O3S. The van der Waals surface area contributed by atoms with Gasteiger partial charge in [-0.15, -0.1) is 11.3 Å². The number of amides is 1. The predicted molar refractivity (Wildman–Crippen MR) is 136 cm³/mol. The molecule has 1 N–H and O–H groups in total. The van der Waals surface area contributed by atoms with Crippen LogP contribution in [-0.4, -0.2) is 49.1 Å². The van der Waals surface area contributed by atoms with Crippen LogP contribution in [0.25, 0.3) is 10.6 Å². The zero-order chi connectivity index (χ0) is 23.6. The van der Waals surface area contributed by atoms with Crippen LogP contribution in [0.3, 0.4) is 0 Å². The number of aryl methyl sites for hydroxylation is 1. The first-order valence-electron chi connectivity index (χ1n) is 11.4. The number of carbonyl (C=O) groups is 1. The molecule has 0 saturated carbocycles. The summed E-state index contributed by atoms with van der Waals surface area (Å²) in [5, 5.41) is 3.81. The van der Waals surface area contributed by atoms with Gasteiger partial charge in [-0.05, 0) is 45.0 Å². The Labute approximate surface area is 200 Å². The van der Waals surface area contributed by atoms with Crippen LogP contribution in [0.4, 0.5) is 5.69 Å². The molecule has 0 spiro atoms. The van der Waals surface area contributed by atoms with E-state index in [-0.39, 0.29) is 5.91 Å². The molecule has 0 aliphatic heterocycles. The van der Waals surface area contributed by atoms with Gasteiger partial charge >= 0.3 is 0 Å². The molecule has 0 radical (unpaired) electrons. The van der Waals surface area contributed by atoms with Crippen molar-refractivity contribution in [1.29, 1.82) is 0 Å². The van der Waals surface area contributed by atoms with Crippen molar-refractivity contribution in [3.8, 4) is 22.1 Å². The Morgan fingerprint density at radius 2 is 1.76 bits per heavy atom. The summed E-state index contributed by atoms with van der Waals surface area (Å²) >= 11 is 1.39. The predicted octanol–water partition coefficient (Wildman–Crippen LogP) is 5.88. The van der Waals surface area contributed by atoms with Gasteiger partial charge in [-0.2, -0.15) is 0 Å². The van der Waals surface area contributed by atoms with E-state index in [1.54, 1.807) is 7.11 Å². The summed E-state index contributed by atoms with van der Waals surface area (Å²) < 4.78 is 11.5. The van der Waals surface area contributed by atoms with Crippen LogP contribution in [-0.2, 0) is 0 Å². The lowest BCUT2D eigenvalue weighted by molar-refractivity contribution is 0.103. The Hall–Kier alpha value is -2.90. The molecule has 0 atom stereocenters. The van der Waals surface area contributed by atoms with Crippen molar-refractivity contribution in [2.24, 2.45) is 0 Å². The second kappa shape index (κ2) is 12.4. The Balaban J connectivity index is 1.69. The molecule has 2 aromatic carbocycles. The van der Waals surface area contributed by atoms with Gasteiger partial charge < -0.3 is 14.8 Å². The minimum atomic E-state index is -0.180. The van der Waals surface area contributed by atoms with E-state index >= 15 is 0 Å². The first kappa shape index (κ1) is 24.7. The number of methoxy groups -OCH3 is 1. The monoisotopic (exact) mass is 467 g/mol. The van der Waals surface area contributed by atoms with Crippen molar-refractivity contribution >= 4 is 22.9 Å². The Morgan fingerprint density at radius 3 is 2.42 bits per heavy atom. The number of nitrogens with one attached hydrogen (secondary N) is 1. The maximum Gasteiger partial charge on any atom is 0.267 e. The van der Waals surface area contributed by atoms with E-state index in [1.165, 1.54) is 11.3 Å². The summed E-state index contributed by atoms with van der Waals surface area (Å²) in [7, 11) is 1.62. The normalized spacial score (nSPS) is 10.9. The molecule has 33 heavy (non-hydrogen) atoms. The average Bonchev–Trinajstić information content (AvgIpc) is 3.22. The molecule has 1 heterocycles. The third kappa shape index (κ3) is 6.79. The summed E-state index contributed by atoms with van der Waals surface area (Å²) in [6.45, 7) is 9.76. The zero-order valence-electron chi connectivity index (χ0n) is 19.9. The number of thiazole rings is 1. The average molecular weight is 468 g/mol. The van der Waals surface area contributed by atoms with E-state index < -0.39 is 0 Å². The molecule has 0 fully saturated rings. The van der Waals surface area contributed by atoms with Crippen LogP contribution in [0.5, 0.6) is 11.5 Å². The molecule has 0 unspecified atom stereocenters. The Bertz CT molecular complexity index is 1030. The zero-order valence-corrected chi connectivity index (χ0v) is 20.7. The number of carbonyl (C=O) groups excluding carboxylic acids is 1. The second-order valence-corrected chi connectivity index (χ2v) is 8.81. The highest BCUT2D eigenvalue weighted by Gasteiger charge is 2.17. The van der Waals surface area contributed by atoms with Crippen molar-refractivity contribution in [2.45, 2.75) is 33.6 Å². The standard InChI is InChI=1S/C26H33N3O3S/c1-5-14-29(15-6-2)16-17-32-23-18-21(12-13-22(23)31-4)28-25(30)24-19(3)27-26(33-24)20-10-8-7-9-11-20/h7-13,18H,5-6,14-17H2,1-4H3,(H,28,30). The third-order valence-electron chi connectivity index (χ3n) is 5.19. The minimum absolute atomic E-state index is 0.180. The van der Waals surface area contributed by atoms with Gasteiger partial charge in [0.15, 0.2) is 11.5 Å². The van der Waals surface area contributed by atoms with Crippen LogP contribution < -0.4 is 14.8 Å². The number of rotatable bonds is 12. The highest BCUT2D eigenvalue weighted by atomic mass is 32.1. The second-order valence-electron chi connectivity index (χ2n) is 7.81. The molecule has 0 aliphatic rings. The lowest BCUT2D eigenvalue weighted by atomic mass is 10.2. The van der Waals surface area contributed by atoms with Gasteiger partial charge in [0.05, 0.1) is 12.8 Å². The molecule has 0 bridgehead atoms. The highest BCUT2D eigenvalue weighted by Crippen LogP contribution is 2.32. The molecule has 7 heteroatoms. The van der Waals surface area contributed by atoms with E-state index in [1.807, 2.05) is 55.5 Å². The van der Waals surface area contributed by atoms with Crippen molar-refractivity contribution in [3.63, 3.8) is 0 Å². The number of aromatic nitrogens is 1. The summed E-state index contributed by atoms with van der Waals surface area (Å²) in [5.74, 6) is 1.08. The summed E-state index contributed by atoms with van der Waals surface area (Å²) in [6, 6.07) is 15.3. The number of nitrogens with zero attached hydrogens (tertiary/aromatic N) is 2.